The molecule has 0 radical (unpaired) electrons. The molecule has 0 saturated carbocycles. The summed E-state index contributed by atoms with van der Waals surface area (Å²) in [6.45, 7) is 2.66. The van der Waals surface area contributed by atoms with Gasteiger partial charge >= 0.3 is 0 Å². The van der Waals surface area contributed by atoms with Crippen molar-refractivity contribution < 1.29 is 4.79 Å². The summed E-state index contributed by atoms with van der Waals surface area (Å²) < 4.78 is 1.63. The molecule has 0 atom stereocenters. The fraction of sp³-hybridized carbons (Fsp3) is 0.273. The van der Waals surface area contributed by atoms with Crippen LogP contribution in [0.1, 0.15) is 36.5 Å². The molecule has 1 N–H and O–H groups in total. The molecular formula is C22H21ClN4O2S. The van der Waals surface area contributed by atoms with Crippen LogP contribution in [-0.4, -0.2) is 21.2 Å². The van der Waals surface area contributed by atoms with Gasteiger partial charge in [0.1, 0.15) is 0 Å². The Balaban J connectivity index is 1.96. The van der Waals surface area contributed by atoms with Crippen LogP contribution in [0.25, 0.3) is 10.9 Å². The van der Waals surface area contributed by atoms with Gasteiger partial charge in [-0.2, -0.15) is 5.26 Å². The van der Waals surface area contributed by atoms with Crippen molar-refractivity contribution in [2.45, 2.75) is 37.9 Å². The fourth-order valence-corrected chi connectivity index (χ4v) is 3.91. The van der Waals surface area contributed by atoms with Crippen molar-refractivity contribution in [3.8, 4) is 6.07 Å². The van der Waals surface area contributed by atoms with E-state index in [1.54, 1.807) is 47.0 Å². The Labute approximate surface area is 183 Å². The Morgan fingerprint density at radius 1 is 1.27 bits per heavy atom. The SMILES string of the molecule is CCCCCn1c(SCC#N)nc2cc(C(=O)Nc3cccc(Cl)c3)ccc2c1=O. The van der Waals surface area contributed by atoms with E-state index in [0.717, 1.165) is 19.3 Å². The number of rotatable bonds is 8. The number of anilines is 1. The minimum atomic E-state index is -0.320. The number of fused-ring (bicyclic) bond motifs is 1. The molecule has 30 heavy (non-hydrogen) atoms. The predicted molar refractivity (Wildman–Crippen MR) is 121 cm³/mol. The van der Waals surface area contributed by atoms with Gasteiger partial charge in [-0.15, -0.1) is 0 Å². The zero-order valence-electron chi connectivity index (χ0n) is 16.5. The van der Waals surface area contributed by atoms with Gasteiger partial charge in [-0.1, -0.05) is 49.2 Å². The van der Waals surface area contributed by atoms with Crippen LogP contribution in [0.15, 0.2) is 52.4 Å². The minimum Gasteiger partial charge on any atom is -0.322 e. The largest absolute Gasteiger partial charge is 0.322 e. The third kappa shape index (κ3) is 5.21. The first-order valence-electron chi connectivity index (χ1n) is 9.64. The van der Waals surface area contributed by atoms with Crippen LogP contribution in [0.5, 0.6) is 0 Å². The highest BCUT2D eigenvalue weighted by atomic mass is 35.5. The average molecular weight is 441 g/mol. The van der Waals surface area contributed by atoms with Gasteiger partial charge in [0.25, 0.3) is 11.5 Å². The van der Waals surface area contributed by atoms with Crippen LogP contribution >= 0.6 is 23.4 Å². The highest BCUT2D eigenvalue weighted by molar-refractivity contribution is 7.99. The molecule has 0 aliphatic rings. The minimum absolute atomic E-state index is 0.154. The number of amides is 1. The lowest BCUT2D eigenvalue weighted by Crippen LogP contribution is -2.24. The van der Waals surface area contributed by atoms with Gasteiger partial charge in [-0.3, -0.25) is 14.2 Å². The lowest BCUT2D eigenvalue weighted by Gasteiger charge is -2.13. The van der Waals surface area contributed by atoms with Crippen molar-refractivity contribution in [2.24, 2.45) is 0 Å². The number of unbranched alkanes of at least 4 members (excludes halogenated alkanes) is 2. The molecule has 0 aliphatic carbocycles. The topological polar surface area (TPSA) is 87.8 Å². The number of hydrogen-bond donors (Lipinski definition) is 1. The first-order valence-corrected chi connectivity index (χ1v) is 11.0. The Morgan fingerprint density at radius 3 is 2.83 bits per heavy atom. The van der Waals surface area contributed by atoms with Crippen molar-refractivity contribution in [1.29, 1.82) is 5.26 Å². The molecule has 8 heteroatoms. The summed E-state index contributed by atoms with van der Waals surface area (Å²) in [5, 5.41) is 13.2. The normalized spacial score (nSPS) is 10.7. The molecule has 1 aromatic heterocycles. The third-order valence-electron chi connectivity index (χ3n) is 4.52. The number of halogens is 1. The molecule has 3 aromatic rings. The second-order valence-electron chi connectivity index (χ2n) is 6.70. The van der Waals surface area contributed by atoms with E-state index in [-0.39, 0.29) is 17.2 Å². The number of aromatic nitrogens is 2. The highest BCUT2D eigenvalue weighted by Crippen LogP contribution is 2.20. The number of benzene rings is 2. The molecule has 0 fully saturated rings. The van der Waals surface area contributed by atoms with Crippen molar-refractivity contribution in [3.63, 3.8) is 0 Å². The smallest absolute Gasteiger partial charge is 0.262 e. The third-order valence-corrected chi connectivity index (χ3v) is 5.59. The van der Waals surface area contributed by atoms with E-state index in [1.807, 2.05) is 0 Å². The van der Waals surface area contributed by atoms with E-state index in [4.69, 9.17) is 16.9 Å². The Kier molecular flexibility index (Phi) is 7.50. The summed E-state index contributed by atoms with van der Waals surface area (Å²) in [5.41, 5.74) is 1.25. The summed E-state index contributed by atoms with van der Waals surface area (Å²) in [7, 11) is 0. The molecule has 0 bridgehead atoms. The van der Waals surface area contributed by atoms with E-state index in [2.05, 4.69) is 23.3 Å². The molecule has 1 heterocycles. The number of nitriles is 1. The summed E-state index contributed by atoms with van der Waals surface area (Å²) >= 11 is 7.19. The Bertz CT molecular complexity index is 1170. The van der Waals surface area contributed by atoms with Crippen molar-refractivity contribution in [3.05, 3.63) is 63.4 Å². The van der Waals surface area contributed by atoms with Gasteiger partial charge in [-0.05, 0) is 42.8 Å². The molecule has 6 nitrogen and oxygen atoms in total. The number of carbonyl (C=O) groups excluding carboxylic acids is 1. The van der Waals surface area contributed by atoms with Crippen LogP contribution in [0.4, 0.5) is 5.69 Å². The molecule has 0 unspecified atom stereocenters. The van der Waals surface area contributed by atoms with Crippen LogP contribution < -0.4 is 10.9 Å². The monoisotopic (exact) mass is 440 g/mol. The van der Waals surface area contributed by atoms with E-state index < -0.39 is 0 Å². The van der Waals surface area contributed by atoms with Gasteiger partial charge in [0, 0.05) is 22.8 Å². The maximum absolute atomic E-state index is 13.0. The summed E-state index contributed by atoms with van der Waals surface area (Å²) in [4.78, 5) is 30.3. The Morgan fingerprint density at radius 2 is 2.10 bits per heavy atom. The zero-order chi connectivity index (χ0) is 21.5. The maximum atomic E-state index is 13.0. The quantitative estimate of drug-likeness (QED) is 0.299. The van der Waals surface area contributed by atoms with E-state index in [0.29, 0.717) is 38.9 Å². The lowest BCUT2D eigenvalue weighted by molar-refractivity contribution is 0.102. The average Bonchev–Trinajstić information content (AvgIpc) is 2.73. The predicted octanol–water partition coefficient (Wildman–Crippen LogP) is 5.11. The van der Waals surface area contributed by atoms with Gasteiger partial charge in [0.15, 0.2) is 5.16 Å². The van der Waals surface area contributed by atoms with E-state index in [9.17, 15) is 9.59 Å². The van der Waals surface area contributed by atoms with Crippen molar-refractivity contribution >= 4 is 45.9 Å². The van der Waals surface area contributed by atoms with Gasteiger partial charge in [0.2, 0.25) is 0 Å². The van der Waals surface area contributed by atoms with Crippen LogP contribution in [0.2, 0.25) is 5.02 Å². The second kappa shape index (κ2) is 10.3. The molecule has 1 amide bonds. The molecule has 2 aromatic carbocycles. The summed E-state index contributed by atoms with van der Waals surface area (Å²) in [6, 6.07) is 13.8. The van der Waals surface area contributed by atoms with Crippen molar-refractivity contribution in [2.75, 3.05) is 11.1 Å². The molecule has 3 rings (SSSR count). The first-order chi connectivity index (χ1) is 14.5. The zero-order valence-corrected chi connectivity index (χ0v) is 18.1. The first kappa shape index (κ1) is 21.9. The number of thioether (sulfide) groups is 1. The van der Waals surface area contributed by atoms with Crippen LogP contribution in [-0.2, 0) is 6.54 Å². The van der Waals surface area contributed by atoms with Crippen LogP contribution in [0.3, 0.4) is 0 Å². The summed E-state index contributed by atoms with van der Waals surface area (Å²) in [5.74, 6) is -0.125. The summed E-state index contributed by atoms with van der Waals surface area (Å²) in [6.07, 6.45) is 2.92. The standard InChI is InChI=1S/C22H21ClN4O2S/c1-2-3-4-11-27-21(29)18-9-8-15(13-19(18)26-22(27)30-12-10-24)20(28)25-17-7-5-6-16(23)14-17/h5-9,13-14H,2-4,11-12H2,1H3,(H,25,28). The number of carbonyl (C=O) groups is 1. The molecular weight excluding hydrogens is 420 g/mol. The molecule has 0 saturated heterocycles. The second-order valence-corrected chi connectivity index (χ2v) is 8.08. The molecule has 0 aliphatic heterocycles. The van der Waals surface area contributed by atoms with E-state index >= 15 is 0 Å². The number of hydrogen-bond acceptors (Lipinski definition) is 5. The van der Waals surface area contributed by atoms with Gasteiger partial charge in [-0.25, -0.2) is 4.98 Å². The van der Waals surface area contributed by atoms with Gasteiger partial charge < -0.3 is 5.32 Å². The molecule has 0 spiro atoms. The highest BCUT2D eigenvalue weighted by Gasteiger charge is 2.14. The van der Waals surface area contributed by atoms with Crippen molar-refractivity contribution in [1.82, 2.24) is 9.55 Å². The van der Waals surface area contributed by atoms with Gasteiger partial charge in [0.05, 0.1) is 22.7 Å². The van der Waals surface area contributed by atoms with Crippen LogP contribution in [0, 0.1) is 11.3 Å². The maximum Gasteiger partial charge on any atom is 0.262 e. The number of nitrogens with zero attached hydrogens (tertiary/aromatic N) is 3. The number of nitrogens with one attached hydrogen (secondary N) is 1. The van der Waals surface area contributed by atoms with E-state index in [1.165, 1.54) is 11.8 Å². The Hall–Kier alpha value is -2.82. The molecule has 154 valence electrons. The lowest BCUT2D eigenvalue weighted by atomic mass is 10.1. The fourth-order valence-electron chi connectivity index (χ4n) is 3.04.